The van der Waals surface area contributed by atoms with Crippen molar-refractivity contribution in [3.8, 4) is 0 Å². The number of carbonyl (C=O) groups excluding carboxylic acids is 1. The summed E-state index contributed by atoms with van der Waals surface area (Å²) in [4.78, 5) is 11.8. The zero-order chi connectivity index (χ0) is 16.8. The van der Waals surface area contributed by atoms with Crippen molar-refractivity contribution in [3.63, 3.8) is 0 Å². The number of rotatable bonds is 5. The number of fused-ring (bicyclic) bond motifs is 1. The summed E-state index contributed by atoms with van der Waals surface area (Å²) in [7, 11) is 0. The Balaban J connectivity index is 1.57. The molecule has 0 atom stereocenters. The molecule has 0 bridgehead atoms. The molecule has 3 aromatic carbocycles. The fraction of sp³-hybridized carbons (Fsp3) is 0.0526. The molecule has 1 amide bonds. The van der Waals surface area contributed by atoms with Gasteiger partial charge in [0.1, 0.15) is 0 Å². The van der Waals surface area contributed by atoms with Gasteiger partial charge in [0.15, 0.2) is 0 Å². The summed E-state index contributed by atoms with van der Waals surface area (Å²) in [5.74, 6) is -0.190. The van der Waals surface area contributed by atoms with E-state index in [9.17, 15) is 4.79 Å². The molecule has 0 aliphatic carbocycles. The Hall–Kier alpha value is -2.41. The van der Waals surface area contributed by atoms with Crippen molar-refractivity contribution >= 4 is 51.2 Å². The summed E-state index contributed by atoms with van der Waals surface area (Å²) >= 11 is 2.24. The average molecular weight is 429 g/mol. The average Bonchev–Trinajstić information content (AvgIpc) is 2.61. The van der Waals surface area contributed by atoms with E-state index < -0.39 is 0 Å². The van der Waals surface area contributed by atoms with Crippen LogP contribution in [0.25, 0.3) is 10.8 Å². The molecule has 0 radical (unpaired) electrons. The number of nitrogens with one attached hydrogen (secondary N) is 2. The van der Waals surface area contributed by atoms with Crippen LogP contribution >= 0.6 is 22.6 Å². The van der Waals surface area contributed by atoms with Crippen LogP contribution in [0.1, 0.15) is 5.56 Å². The monoisotopic (exact) mass is 429 g/mol. The lowest BCUT2D eigenvalue weighted by Crippen LogP contribution is -2.25. The lowest BCUT2D eigenvalue weighted by Gasteiger charge is -2.05. The van der Waals surface area contributed by atoms with E-state index >= 15 is 0 Å². The van der Waals surface area contributed by atoms with Crippen LogP contribution in [-0.4, -0.2) is 18.7 Å². The first-order chi connectivity index (χ1) is 11.7. The Labute approximate surface area is 154 Å². The van der Waals surface area contributed by atoms with E-state index in [0.29, 0.717) is 0 Å². The van der Waals surface area contributed by atoms with Gasteiger partial charge in [-0.1, -0.05) is 42.5 Å². The topological polar surface area (TPSA) is 53.5 Å². The minimum atomic E-state index is -0.190. The first-order valence-electron chi connectivity index (χ1n) is 7.51. The maximum absolute atomic E-state index is 11.8. The van der Waals surface area contributed by atoms with E-state index in [1.54, 1.807) is 6.21 Å². The maximum Gasteiger partial charge on any atom is 0.259 e. The second-order valence-corrected chi connectivity index (χ2v) is 6.47. The molecular weight excluding hydrogens is 413 g/mol. The Morgan fingerprint density at radius 2 is 1.75 bits per heavy atom. The molecule has 120 valence electrons. The van der Waals surface area contributed by atoms with Crippen LogP contribution < -0.4 is 10.7 Å². The van der Waals surface area contributed by atoms with Crippen LogP contribution in [0.15, 0.2) is 71.8 Å². The Bertz CT molecular complexity index is 870. The number of benzene rings is 3. The molecule has 2 N–H and O–H groups in total. The lowest BCUT2D eigenvalue weighted by molar-refractivity contribution is -0.119. The normalized spacial score (nSPS) is 10.9. The van der Waals surface area contributed by atoms with Crippen molar-refractivity contribution in [3.05, 3.63) is 75.9 Å². The standard InChI is InChI=1S/C19H16IN3O/c20-16-8-10-17(11-9-16)21-13-19(24)23-22-12-15-6-3-5-14-4-1-2-7-18(14)15/h1-12,21H,13H2,(H,23,24)/b22-12-. The predicted molar refractivity (Wildman–Crippen MR) is 107 cm³/mol. The largest absolute Gasteiger partial charge is 0.376 e. The highest BCUT2D eigenvalue weighted by Gasteiger charge is 2.00. The molecule has 0 aliphatic heterocycles. The molecule has 0 unspecified atom stereocenters. The number of carbonyl (C=O) groups is 1. The van der Waals surface area contributed by atoms with Gasteiger partial charge in [-0.2, -0.15) is 5.10 Å². The zero-order valence-electron chi connectivity index (χ0n) is 12.9. The van der Waals surface area contributed by atoms with Gasteiger partial charge < -0.3 is 5.32 Å². The van der Waals surface area contributed by atoms with Crippen molar-refractivity contribution in [1.82, 2.24) is 5.43 Å². The molecule has 0 aliphatic rings. The van der Waals surface area contributed by atoms with Crippen LogP contribution in [0.3, 0.4) is 0 Å². The van der Waals surface area contributed by atoms with Gasteiger partial charge in [0.25, 0.3) is 5.91 Å². The number of hydrogen-bond acceptors (Lipinski definition) is 3. The molecule has 24 heavy (non-hydrogen) atoms. The van der Waals surface area contributed by atoms with E-state index in [1.807, 2.05) is 54.6 Å². The molecule has 4 nitrogen and oxygen atoms in total. The molecule has 0 saturated heterocycles. The van der Waals surface area contributed by atoms with Crippen LogP contribution in [-0.2, 0) is 4.79 Å². The third-order valence-electron chi connectivity index (χ3n) is 3.51. The molecular formula is C19H16IN3O. The summed E-state index contributed by atoms with van der Waals surface area (Å²) < 4.78 is 1.15. The van der Waals surface area contributed by atoms with Crippen LogP contribution in [0.2, 0.25) is 0 Å². The third-order valence-corrected chi connectivity index (χ3v) is 4.23. The Morgan fingerprint density at radius 1 is 1.00 bits per heavy atom. The van der Waals surface area contributed by atoms with E-state index in [2.05, 4.69) is 50.6 Å². The van der Waals surface area contributed by atoms with Gasteiger partial charge >= 0.3 is 0 Å². The second kappa shape index (κ2) is 7.92. The summed E-state index contributed by atoms with van der Waals surface area (Å²) in [6.07, 6.45) is 1.67. The fourth-order valence-corrected chi connectivity index (χ4v) is 2.69. The molecule has 0 spiro atoms. The summed E-state index contributed by atoms with van der Waals surface area (Å²) in [6.45, 7) is 0.174. The Kier molecular flexibility index (Phi) is 5.43. The second-order valence-electron chi connectivity index (χ2n) is 5.22. The van der Waals surface area contributed by atoms with Gasteiger partial charge in [-0.25, -0.2) is 5.43 Å². The highest BCUT2D eigenvalue weighted by molar-refractivity contribution is 14.1. The maximum atomic E-state index is 11.8. The van der Waals surface area contributed by atoms with Gasteiger partial charge in [-0.05, 0) is 57.6 Å². The van der Waals surface area contributed by atoms with Gasteiger partial charge in [0.05, 0.1) is 12.8 Å². The van der Waals surface area contributed by atoms with Crippen LogP contribution in [0, 0.1) is 3.57 Å². The molecule has 5 heteroatoms. The van der Waals surface area contributed by atoms with Crippen molar-refractivity contribution in [2.24, 2.45) is 5.10 Å². The number of nitrogens with zero attached hydrogens (tertiary/aromatic N) is 1. The molecule has 3 rings (SSSR count). The first-order valence-corrected chi connectivity index (χ1v) is 8.59. The molecule has 0 saturated carbocycles. The first kappa shape index (κ1) is 16.4. The third kappa shape index (κ3) is 4.32. The van der Waals surface area contributed by atoms with E-state index in [0.717, 1.165) is 25.6 Å². The molecule has 0 fully saturated rings. The fourth-order valence-electron chi connectivity index (χ4n) is 2.33. The van der Waals surface area contributed by atoms with Gasteiger partial charge in [0, 0.05) is 14.8 Å². The van der Waals surface area contributed by atoms with Crippen molar-refractivity contribution < 1.29 is 4.79 Å². The highest BCUT2D eigenvalue weighted by atomic mass is 127. The zero-order valence-corrected chi connectivity index (χ0v) is 15.0. The minimum absolute atomic E-state index is 0.174. The summed E-state index contributed by atoms with van der Waals surface area (Å²) in [5.41, 5.74) is 4.42. The van der Waals surface area contributed by atoms with Crippen LogP contribution in [0.5, 0.6) is 0 Å². The van der Waals surface area contributed by atoms with Crippen LogP contribution in [0.4, 0.5) is 5.69 Å². The highest BCUT2D eigenvalue weighted by Crippen LogP contribution is 2.16. The van der Waals surface area contributed by atoms with Crippen molar-refractivity contribution in [2.45, 2.75) is 0 Å². The minimum Gasteiger partial charge on any atom is -0.376 e. The summed E-state index contributed by atoms with van der Waals surface area (Å²) in [6, 6.07) is 21.9. The number of hydrogen-bond donors (Lipinski definition) is 2. The molecule has 3 aromatic rings. The number of halogens is 1. The van der Waals surface area contributed by atoms with E-state index in [1.165, 1.54) is 0 Å². The van der Waals surface area contributed by atoms with E-state index in [4.69, 9.17) is 0 Å². The Morgan fingerprint density at radius 3 is 2.58 bits per heavy atom. The van der Waals surface area contributed by atoms with Gasteiger partial charge in [-0.3, -0.25) is 4.79 Å². The SMILES string of the molecule is O=C(CNc1ccc(I)cc1)N/N=C\c1cccc2ccccc12. The number of anilines is 1. The predicted octanol–water partition coefficient (Wildman–Crippen LogP) is 4.01. The summed E-state index contributed by atoms with van der Waals surface area (Å²) in [5, 5.41) is 9.37. The van der Waals surface area contributed by atoms with Crippen molar-refractivity contribution in [1.29, 1.82) is 0 Å². The number of amides is 1. The lowest BCUT2D eigenvalue weighted by atomic mass is 10.1. The van der Waals surface area contributed by atoms with Crippen molar-refractivity contribution in [2.75, 3.05) is 11.9 Å². The van der Waals surface area contributed by atoms with E-state index in [-0.39, 0.29) is 12.5 Å². The van der Waals surface area contributed by atoms with Gasteiger partial charge in [0.2, 0.25) is 0 Å². The number of hydrazone groups is 1. The quantitative estimate of drug-likeness (QED) is 0.366. The molecule has 0 aromatic heterocycles. The molecule has 0 heterocycles. The van der Waals surface area contributed by atoms with Gasteiger partial charge in [-0.15, -0.1) is 0 Å². The smallest absolute Gasteiger partial charge is 0.259 e.